The number of aliphatic hydroxyl groups is 1. The maximum Gasteiger partial charge on any atom is 0.110 e. The minimum Gasteiger partial charge on any atom is -0.393 e. The highest BCUT2D eigenvalue weighted by atomic mass is 16.5. The van der Waals surface area contributed by atoms with E-state index < -0.39 is 0 Å². The normalized spacial score (nSPS) is 25.9. The summed E-state index contributed by atoms with van der Waals surface area (Å²) in [6, 6.07) is 0. The molecule has 1 aromatic rings. The number of aromatic nitrogens is 2. The number of nitrogens with zero attached hydrogens (tertiary/aromatic N) is 2. The first kappa shape index (κ1) is 11.6. The van der Waals surface area contributed by atoms with Gasteiger partial charge >= 0.3 is 0 Å². The second-order valence-corrected chi connectivity index (χ2v) is 4.51. The topological polar surface area (TPSA) is 47.3 Å². The molecule has 0 unspecified atom stereocenters. The number of hydrogen-bond acceptors (Lipinski definition) is 3. The Morgan fingerprint density at radius 3 is 2.81 bits per heavy atom. The molecule has 1 aliphatic carbocycles. The second kappa shape index (κ2) is 5.46. The van der Waals surface area contributed by atoms with Gasteiger partial charge in [0.05, 0.1) is 18.8 Å². The van der Waals surface area contributed by atoms with E-state index in [1.807, 2.05) is 24.0 Å². The van der Waals surface area contributed by atoms with Crippen LogP contribution >= 0.6 is 0 Å². The summed E-state index contributed by atoms with van der Waals surface area (Å²) >= 11 is 0. The van der Waals surface area contributed by atoms with Crippen LogP contribution in [0, 0.1) is 0 Å². The molecule has 1 fully saturated rings. The first-order valence-corrected chi connectivity index (χ1v) is 6.01. The van der Waals surface area contributed by atoms with Gasteiger partial charge in [-0.3, -0.25) is 0 Å². The highest BCUT2D eigenvalue weighted by Gasteiger charge is 2.19. The smallest absolute Gasteiger partial charge is 0.110 e. The van der Waals surface area contributed by atoms with E-state index in [2.05, 4.69) is 4.98 Å². The lowest BCUT2D eigenvalue weighted by molar-refractivity contribution is -0.00236. The van der Waals surface area contributed by atoms with Crippen molar-refractivity contribution in [3.63, 3.8) is 0 Å². The van der Waals surface area contributed by atoms with Gasteiger partial charge < -0.3 is 14.4 Å². The van der Waals surface area contributed by atoms with E-state index in [-0.39, 0.29) is 6.10 Å². The van der Waals surface area contributed by atoms with Gasteiger partial charge in [-0.05, 0) is 25.7 Å². The van der Waals surface area contributed by atoms with Gasteiger partial charge in [0, 0.05) is 25.9 Å². The Morgan fingerprint density at radius 1 is 1.44 bits per heavy atom. The number of ether oxygens (including phenoxy) is 1. The van der Waals surface area contributed by atoms with E-state index in [4.69, 9.17) is 4.74 Å². The Morgan fingerprint density at radius 2 is 2.19 bits per heavy atom. The van der Waals surface area contributed by atoms with Crippen molar-refractivity contribution in [1.29, 1.82) is 0 Å². The third kappa shape index (κ3) is 3.06. The van der Waals surface area contributed by atoms with E-state index in [1.54, 1.807) is 0 Å². The molecule has 1 heterocycles. The summed E-state index contributed by atoms with van der Waals surface area (Å²) in [5.74, 6) is 1.07. The molecule has 4 nitrogen and oxygen atoms in total. The Kier molecular flexibility index (Phi) is 3.96. The molecule has 0 radical (unpaired) electrons. The lowest BCUT2D eigenvalue weighted by Crippen LogP contribution is -2.25. The molecule has 4 heteroatoms. The molecule has 1 aromatic heterocycles. The summed E-state index contributed by atoms with van der Waals surface area (Å²) in [6.45, 7) is 0.728. The predicted octanol–water partition coefficient (Wildman–Crippen LogP) is 1.28. The SMILES string of the molecule is Cn1ccnc1CCOC1CCC(O)CC1. The quantitative estimate of drug-likeness (QED) is 0.838. The summed E-state index contributed by atoms with van der Waals surface area (Å²) in [5.41, 5.74) is 0. The first-order valence-electron chi connectivity index (χ1n) is 6.01. The third-order valence-electron chi connectivity index (χ3n) is 3.24. The molecule has 1 saturated carbocycles. The molecule has 0 aromatic carbocycles. The fourth-order valence-electron chi connectivity index (χ4n) is 2.17. The molecular formula is C12H20N2O2. The minimum absolute atomic E-state index is 0.102. The van der Waals surface area contributed by atoms with Gasteiger partial charge in [0.15, 0.2) is 0 Å². The molecule has 0 amide bonds. The minimum atomic E-state index is -0.102. The molecule has 1 N–H and O–H groups in total. The van der Waals surface area contributed by atoms with E-state index in [0.717, 1.165) is 44.5 Å². The number of imidazole rings is 1. The Labute approximate surface area is 96.3 Å². The van der Waals surface area contributed by atoms with Crippen molar-refractivity contribution in [3.05, 3.63) is 18.2 Å². The molecule has 2 rings (SSSR count). The number of hydrogen-bond donors (Lipinski definition) is 1. The Balaban J connectivity index is 1.67. The van der Waals surface area contributed by atoms with E-state index in [9.17, 15) is 5.11 Å². The van der Waals surface area contributed by atoms with Crippen LogP contribution in [-0.4, -0.2) is 33.5 Å². The fraction of sp³-hybridized carbons (Fsp3) is 0.750. The molecule has 0 spiro atoms. The zero-order valence-electron chi connectivity index (χ0n) is 9.80. The molecule has 1 aliphatic rings. The van der Waals surface area contributed by atoms with Crippen molar-refractivity contribution in [1.82, 2.24) is 9.55 Å². The number of aliphatic hydroxyl groups excluding tert-OH is 1. The lowest BCUT2D eigenvalue weighted by Gasteiger charge is -2.25. The average Bonchev–Trinajstić information content (AvgIpc) is 2.68. The summed E-state index contributed by atoms with van der Waals surface area (Å²) < 4.78 is 7.82. The maximum absolute atomic E-state index is 9.37. The van der Waals surface area contributed by atoms with Crippen molar-refractivity contribution in [2.45, 2.75) is 44.3 Å². The second-order valence-electron chi connectivity index (χ2n) is 4.51. The zero-order chi connectivity index (χ0) is 11.4. The number of aryl methyl sites for hydroxylation is 1. The fourth-order valence-corrected chi connectivity index (χ4v) is 2.17. The zero-order valence-corrected chi connectivity index (χ0v) is 9.80. The van der Waals surface area contributed by atoms with E-state index >= 15 is 0 Å². The van der Waals surface area contributed by atoms with Crippen molar-refractivity contribution in [2.24, 2.45) is 7.05 Å². The van der Waals surface area contributed by atoms with Crippen LogP contribution in [0.15, 0.2) is 12.4 Å². The molecule has 0 atom stereocenters. The summed E-state index contributed by atoms with van der Waals surface area (Å²) in [4.78, 5) is 4.25. The molecule has 0 saturated heterocycles. The van der Waals surface area contributed by atoms with Gasteiger partial charge in [-0.15, -0.1) is 0 Å². The Bertz CT molecular complexity index is 317. The Hall–Kier alpha value is -0.870. The predicted molar refractivity (Wildman–Crippen MR) is 61.1 cm³/mol. The molecule has 90 valence electrons. The summed E-state index contributed by atoms with van der Waals surface area (Å²) in [5, 5.41) is 9.37. The lowest BCUT2D eigenvalue weighted by atomic mass is 9.95. The molecule has 0 aliphatic heterocycles. The average molecular weight is 224 g/mol. The van der Waals surface area contributed by atoms with Crippen molar-refractivity contribution >= 4 is 0 Å². The molecule has 0 bridgehead atoms. The molecule has 16 heavy (non-hydrogen) atoms. The van der Waals surface area contributed by atoms with Crippen LogP contribution in [0.1, 0.15) is 31.5 Å². The molecular weight excluding hydrogens is 204 g/mol. The monoisotopic (exact) mass is 224 g/mol. The third-order valence-corrected chi connectivity index (χ3v) is 3.24. The van der Waals surface area contributed by atoms with Gasteiger partial charge in [-0.25, -0.2) is 4.98 Å². The van der Waals surface area contributed by atoms with Gasteiger partial charge in [-0.1, -0.05) is 0 Å². The largest absolute Gasteiger partial charge is 0.393 e. The number of rotatable bonds is 4. The van der Waals surface area contributed by atoms with Crippen LogP contribution in [0.25, 0.3) is 0 Å². The first-order chi connectivity index (χ1) is 7.75. The van der Waals surface area contributed by atoms with E-state index in [0.29, 0.717) is 6.10 Å². The van der Waals surface area contributed by atoms with Crippen LogP contribution in [0.3, 0.4) is 0 Å². The van der Waals surface area contributed by atoms with Gasteiger partial charge in [0.2, 0.25) is 0 Å². The van der Waals surface area contributed by atoms with Crippen LogP contribution in [0.5, 0.6) is 0 Å². The van der Waals surface area contributed by atoms with Crippen LogP contribution in [0.2, 0.25) is 0 Å². The standard InChI is InChI=1S/C12H20N2O2/c1-14-8-7-13-12(14)6-9-16-11-4-2-10(15)3-5-11/h7-8,10-11,15H,2-6,9H2,1H3. The summed E-state index contributed by atoms with van der Waals surface area (Å²) in [6.07, 6.45) is 8.60. The van der Waals surface area contributed by atoms with Crippen LogP contribution < -0.4 is 0 Å². The summed E-state index contributed by atoms with van der Waals surface area (Å²) in [7, 11) is 2.00. The van der Waals surface area contributed by atoms with Crippen molar-refractivity contribution in [3.8, 4) is 0 Å². The highest BCUT2D eigenvalue weighted by Crippen LogP contribution is 2.20. The van der Waals surface area contributed by atoms with Crippen LogP contribution in [-0.2, 0) is 18.2 Å². The van der Waals surface area contributed by atoms with Crippen molar-refractivity contribution in [2.75, 3.05) is 6.61 Å². The van der Waals surface area contributed by atoms with Gasteiger partial charge in [0.1, 0.15) is 5.82 Å². The highest BCUT2D eigenvalue weighted by molar-refractivity contribution is 4.90. The van der Waals surface area contributed by atoms with Gasteiger partial charge in [-0.2, -0.15) is 0 Å². The van der Waals surface area contributed by atoms with Gasteiger partial charge in [0.25, 0.3) is 0 Å². The van der Waals surface area contributed by atoms with E-state index in [1.165, 1.54) is 0 Å². The van der Waals surface area contributed by atoms with Crippen LogP contribution in [0.4, 0.5) is 0 Å². The maximum atomic E-state index is 9.37. The van der Waals surface area contributed by atoms with Crippen molar-refractivity contribution < 1.29 is 9.84 Å².